The van der Waals surface area contributed by atoms with Crippen molar-refractivity contribution in [2.24, 2.45) is 0 Å². The standard InChI is InChI=1S/C6H4N6O2.C6H6N6/c13-12(14)5-1-8-6(9-2-5)11-4-7-3-10-11;7-5-1-9-6(10-2-5)12-4-8-3-11-12/h1-4H;1-4H,7H2. The molecule has 0 fully saturated rings. The Morgan fingerprint density at radius 3 is 1.69 bits per heavy atom. The van der Waals surface area contributed by atoms with E-state index in [1.807, 2.05) is 0 Å². The van der Waals surface area contributed by atoms with Gasteiger partial charge in [0.25, 0.3) is 11.9 Å². The van der Waals surface area contributed by atoms with Crippen molar-refractivity contribution in [3.63, 3.8) is 0 Å². The van der Waals surface area contributed by atoms with Gasteiger partial charge in [-0.2, -0.15) is 19.6 Å². The molecule has 0 aromatic carbocycles. The summed E-state index contributed by atoms with van der Waals surface area (Å²) in [4.78, 5) is 32.6. The van der Waals surface area contributed by atoms with Crippen LogP contribution in [0.25, 0.3) is 11.9 Å². The van der Waals surface area contributed by atoms with E-state index in [-0.39, 0.29) is 11.6 Å². The lowest BCUT2D eigenvalue weighted by Gasteiger charge is -1.96. The van der Waals surface area contributed by atoms with Gasteiger partial charge in [0.2, 0.25) is 0 Å². The molecule has 4 heterocycles. The summed E-state index contributed by atoms with van der Waals surface area (Å²) in [6.45, 7) is 0. The van der Waals surface area contributed by atoms with Gasteiger partial charge in [-0.1, -0.05) is 0 Å². The number of anilines is 1. The van der Waals surface area contributed by atoms with Gasteiger partial charge in [-0.25, -0.2) is 29.9 Å². The predicted molar refractivity (Wildman–Crippen MR) is 85.0 cm³/mol. The van der Waals surface area contributed by atoms with Gasteiger partial charge in [0.05, 0.1) is 23.0 Å². The summed E-state index contributed by atoms with van der Waals surface area (Å²) >= 11 is 0. The van der Waals surface area contributed by atoms with E-state index in [4.69, 9.17) is 5.73 Å². The summed E-state index contributed by atoms with van der Waals surface area (Å²) in [7, 11) is 0. The van der Waals surface area contributed by atoms with E-state index in [1.54, 1.807) is 0 Å². The Morgan fingerprint density at radius 2 is 1.31 bits per heavy atom. The molecule has 14 heteroatoms. The molecule has 0 atom stereocenters. The van der Waals surface area contributed by atoms with Crippen molar-refractivity contribution < 1.29 is 4.92 Å². The molecule has 14 nitrogen and oxygen atoms in total. The fourth-order valence-corrected chi connectivity index (χ4v) is 1.60. The average Bonchev–Trinajstić information content (AvgIpc) is 3.37. The first-order valence-corrected chi connectivity index (χ1v) is 6.87. The van der Waals surface area contributed by atoms with Gasteiger partial charge < -0.3 is 5.73 Å². The van der Waals surface area contributed by atoms with E-state index in [9.17, 15) is 10.1 Å². The van der Waals surface area contributed by atoms with Gasteiger partial charge >= 0.3 is 5.69 Å². The van der Waals surface area contributed by atoms with Crippen LogP contribution < -0.4 is 5.73 Å². The molecule has 0 spiro atoms. The van der Waals surface area contributed by atoms with Crippen molar-refractivity contribution in [1.29, 1.82) is 0 Å². The second-order valence-corrected chi connectivity index (χ2v) is 4.49. The second-order valence-electron chi connectivity index (χ2n) is 4.49. The quantitative estimate of drug-likeness (QED) is 0.373. The van der Waals surface area contributed by atoms with Crippen LogP contribution in [0.4, 0.5) is 11.4 Å². The molecule has 0 unspecified atom stereocenters. The molecule has 26 heavy (non-hydrogen) atoms. The molecule has 0 amide bonds. The Morgan fingerprint density at radius 1 is 0.846 bits per heavy atom. The summed E-state index contributed by atoms with van der Waals surface area (Å²) in [6.07, 6.45) is 10.9. The third-order valence-electron chi connectivity index (χ3n) is 2.74. The Kier molecular flexibility index (Phi) is 4.74. The highest BCUT2D eigenvalue weighted by atomic mass is 16.6. The molecule has 0 aliphatic carbocycles. The molecule has 130 valence electrons. The minimum atomic E-state index is -0.564. The molecule has 4 aromatic rings. The summed E-state index contributed by atoms with van der Waals surface area (Å²) in [5.41, 5.74) is 5.78. The van der Waals surface area contributed by atoms with E-state index in [0.717, 1.165) is 12.4 Å². The number of hydrogen-bond acceptors (Lipinski definition) is 11. The van der Waals surface area contributed by atoms with Crippen LogP contribution in [0.1, 0.15) is 0 Å². The maximum atomic E-state index is 10.3. The minimum absolute atomic E-state index is 0.158. The Bertz CT molecular complexity index is 951. The van der Waals surface area contributed by atoms with Gasteiger partial charge in [0.15, 0.2) is 0 Å². The van der Waals surface area contributed by atoms with E-state index in [1.165, 1.54) is 47.1 Å². The topological polar surface area (TPSA) is 182 Å². The normalized spacial score (nSPS) is 10.0. The van der Waals surface area contributed by atoms with E-state index >= 15 is 0 Å². The first-order valence-electron chi connectivity index (χ1n) is 6.87. The lowest BCUT2D eigenvalue weighted by atomic mass is 10.6. The van der Waals surface area contributed by atoms with E-state index in [0.29, 0.717) is 11.6 Å². The highest BCUT2D eigenvalue weighted by Gasteiger charge is 2.07. The zero-order valence-electron chi connectivity index (χ0n) is 12.9. The highest BCUT2D eigenvalue weighted by molar-refractivity contribution is 5.32. The number of hydrogen-bond donors (Lipinski definition) is 1. The molecule has 0 saturated carbocycles. The van der Waals surface area contributed by atoms with Crippen molar-refractivity contribution in [1.82, 2.24) is 49.5 Å². The van der Waals surface area contributed by atoms with Gasteiger partial charge in [0, 0.05) is 0 Å². The number of nitrogens with two attached hydrogens (primary N) is 1. The van der Waals surface area contributed by atoms with Crippen LogP contribution in [0, 0.1) is 10.1 Å². The fraction of sp³-hybridized carbons (Fsp3) is 0. The van der Waals surface area contributed by atoms with Gasteiger partial charge in [0.1, 0.15) is 37.7 Å². The maximum absolute atomic E-state index is 10.3. The zero-order chi connectivity index (χ0) is 18.4. The maximum Gasteiger partial charge on any atom is 0.305 e. The van der Waals surface area contributed by atoms with Crippen LogP contribution in [0.2, 0.25) is 0 Å². The van der Waals surface area contributed by atoms with Crippen molar-refractivity contribution >= 4 is 11.4 Å². The van der Waals surface area contributed by atoms with Crippen molar-refractivity contribution in [3.8, 4) is 11.9 Å². The monoisotopic (exact) mass is 354 g/mol. The molecular weight excluding hydrogens is 344 g/mol. The van der Waals surface area contributed by atoms with Crippen LogP contribution in [0.5, 0.6) is 0 Å². The SMILES string of the molecule is Nc1cnc(-n2cncn2)nc1.O=[N+]([O-])c1cnc(-n2cncn2)nc1. The Labute approximate surface area is 144 Å². The largest absolute Gasteiger partial charge is 0.396 e. The predicted octanol–water partition coefficient (Wildman–Crippen LogP) is -0.395. The number of nitrogens with zero attached hydrogens (tertiary/aromatic N) is 11. The van der Waals surface area contributed by atoms with E-state index < -0.39 is 4.92 Å². The van der Waals surface area contributed by atoms with Gasteiger partial charge in [-0.15, -0.1) is 0 Å². The third-order valence-corrected chi connectivity index (χ3v) is 2.74. The van der Waals surface area contributed by atoms with Crippen LogP contribution >= 0.6 is 0 Å². The molecule has 0 saturated heterocycles. The van der Waals surface area contributed by atoms with Crippen molar-refractivity contribution in [3.05, 3.63) is 60.2 Å². The zero-order valence-corrected chi connectivity index (χ0v) is 12.9. The van der Waals surface area contributed by atoms with Crippen LogP contribution in [-0.4, -0.2) is 54.4 Å². The van der Waals surface area contributed by atoms with E-state index in [2.05, 4.69) is 40.1 Å². The van der Waals surface area contributed by atoms with Crippen LogP contribution in [0.3, 0.4) is 0 Å². The molecule has 0 aliphatic rings. The lowest BCUT2D eigenvalue weighted by molar-refractivity contribution is -0.385. The van der Waals surface area contributed by atoms with Crippen molar-refractivity contribution in [2.75, 3.05) is 5.73 Å². The second kappa shape index (κ2) is 7.47. The fourth-order valence-electron chi connectivity index (χ4n) is 1.60. The number of rotatable bonds is 3. The number of aromatic nitrogens is 10. The van der Waals surface area contributed by atoms with Crippen molar-refractivity contribution in [2.45, 2.75) is 0 Å². The average molecular weight is 354 g/mol. The first-order chi connectivity index (χ1) is 12.6. The molecule has 2 N–H and O–H groups in total. The molecule has 0 radical (unpaired) electrons. The molecular formula is C12H10N12O2. The third kappa shape index (κ3) is 3.94. The number of nitro groups is 1. The summed E-state index contributed by atoms with van der Waals surface area (Å²) in [5, 5.41) is 17.9. The van der Waals surface area contributed by atoms with Gasteiger partial charge in [-0.3, -0.25) is 10.1 Å². The summed E-state index contributed by atoms with van der Waals surface area (Å²) in [6, 6.07) is 0. The first kappa shape index (κ1) is 16.5. The minimum Gasteiger partial charge on any atom is -0.396 e. The van der Waals surface area contributed by atoms with Crippen LogP contribution in [0.15, 0.2) is 50.1 Å². The molecule has 4 rings (SSSR count). The summed E-state index contributed by atoms with van der Waals surface area (Å²) in [5.74, 6) is 0.704. The molecule has 0 aliphatic heterocycles. The lowest BCUT2D eigenvalue weighted by Crippen LogP contribution is -2.01. The smallest absolute Gasteiger partial charge is 0.305 e. The molecule has 4 aromatic heterocycles. The summed E-state index contributed by atoms with van der Waals surface area (Å²) < 4.78 is 2.77. The van der Waals surface area contributed by atoms with Gasteiger partial charge in [-0.05, 0) is 0 Å². The Balaban J connectivity index is 0.000000152. The van der Waals surface area contributed by atoms with Crippen LogP contribution in [-0.2, 0) is 0 Å². The molecule has 0 bridgehead atoms. The Hall–Kier alpha value is -4.36. The number of nitrogen functional groups attached to an aromatic ring is 1. The highest BCUT2D eigenvalue weighted by Crippen LogP contribution is 2.06.